The van der Waals surface area contributed by atoms with E-state index in [1.807, 2.05) is 0 Å². The molecule has 0 atom stereocenters. The first-order valence-corrected chi connectivity index (χ1v) is 5.73. The van der Waals surface area contributed by atoms with Gasteiger partial charge in [-0.15, -0.1) is 0 Å². The van der Waals surface area contributed by atoms with Crippen molar-refractivity contribution in [2.45, 2.75) is 26.9 Å². The lowest BCUT2D eigenvalue weighted by molar-refractivity contribution is 0.108. The van der Waals surface area contributed by atoms with Crippen LogP contribution < -0.4 is 5.46 Å². The molecule has 0 bridgehead atoms. The van der Waals surface area contributed by atoms with Crippen molar-refractivity contribution in [1.82, 2.24) is 0 Å². The maximum atomic E-state index is 13.5. The zero-order chi connectivity index (χ0) is 12.8. The summed E-state index contributed by atoms with van der Waals surface area (Å²) in [6.45, 7) is 5.00. The average molecular weight is 240 g/mol. The van der Waals surface area contributed by atoms with E-state index in [2.05, 4.69) is 13.8 Å². The predicted molar refractivity (Wildman–Crippen MR) is 65.3 cm³/mol. The van der Waals surface area contributed by atoms with Gasteiger partial charge in [-0.2, -0.15) is 0 Å². The van der Waals surface area contributed by atoms with Gasteiger partial charge in [0.15, 0.2) is 0 Å². The van der Waals surface area contributed by atoms with Crippen LogP contribution in [0.5, 0.6) is 0 Å². The summed E-state index contributed by atoms with van der Waals surface area (Å²) < 4.78 is 18.8. The van der Waals surface area contributed by atoms with Crippen LogP contribution in [-0.2, 0) is 11.3 Å². The van der Waals surface area contributed by atoms with E-state index >= 15 is 0 Å². The Kier molecular flexibility index (Phi) is 5.61. The topological polar surface area (TPSA) is 49.7 Å². The van der Waals surface area contributed by atoms with Crippen molar-refractivity contribution in [3.8, 4) is 0 Å². The Hall–Kier alpha value is -0.905. The fraction of sp³-hybridized carbons (Fsp3) is 0.500. The van der Waals surface area contributed by atoms with E-state index in [0.717, 1.165) is 12.5 Å². The van der Waals surface area contributed by atoms with Gasteiger partial charge in [0, 0.05) is 12.2 Å². The summed E-state index contributed by atoms with van der Waals surface area (Å²) in [5.74, 6) is 0.0897. The average Bonchev–Trinajstić information content (AvgIpc) is 2.25. The Morgan fingerprint density at radius 3 is 2.59 bits per heavy atom. The van der Waals surface area contributed by atoms with Crippen LogP contribution in [0.15, 0.2) is 18.2 Å². The van der Waals surface area contributed by atoms with Crippen molar-refractivity contribution < 1.29 is 19.2 Å². The number of ether oxygens (including phenoxy) is 1. The van der Waals surface area contributed by atoms with Crippen molar-refractivity contribution in [2.24, 2.45) is 5.92 Å². The van der Waals surface area contributed by atoms with E-state index in [4.69, 9.17) is 14.8 Å². The third-order valence-corrected chi connectivity index (χ3v) is 2.47. The molecular weight excluding hydrogens is 222 g/mol. The maximum absolute atomic E-state index is 13.5. The van der Waals surface area contributed by atoms with E-state index in [-0.39, 0.29) is 12.1 Å². The fourth-order valence-electron chi connectivity index (χ4n) is 1.34. The summed E-state index contributed by atoms with van der Waals surface area (Å²) in [6, 6.07) is 4.11. The quantitative estimate of drug-likeness (QED) is 0.577. The summed E-state index contributed by atoms with van der Waals surface area (Å²) in [5.41, 5.74) is 0.576. The summed E-state index contributed by atoms with van der Waals surface area (Å²) >= 11 is 0. The summed E-state index contributed by atoms with van der Waals surface area (Å²) in [4.78, 5) is 0. The van der Waals surface area contributed by atoms with Gasteiger partial charge in [0.05, 0.1) is 6.61 Å². The number of halogens is 1. The van der Waals surface area contributed by atoms with E-state index in [1.165, 1.54) is 12.1 Å². The minimum absolute atomic E-state index is 0.147. The van der Waals surface area contributed by atoms with Crippen molar-refractivity contribution in [3.63, 3.8) is 0 Å². The first kappa shape index (κ1) is 14.2. The van der Waals surface area contributed by atoms with Gasteiger partial charge in [-0.25, -0.2) is 4.39 Å². The van der Waals surface area contributed by atoms with Crippen LogP contribution in [0.4, 0.5) is 4.39 Å². The molecule has 1 aromatic carbocycles. The van der Waals surface area contributed by atoms with Gasteiger partial charge >= 0.3 is 7.12 Å². The summed E-state index contributed by atoms with van der Waals surface area (Å²) in [5, 5.41) is 17.7. The first-order valence-electron chi connectivity index (χ1n) is 5.73. The molecule has 0 unspecified atom stereocenters. The number of rotatable bonds is 6. The molecule has 2 N–H and O–H groups in total. The molecule has 3 nitrogen and oxygen atoms in total. The number of benzene rings is 1. The highest BCUT2D eigenvalue weighted by molar-refractivity contribution is 6.58. The molecule has 5 heteroatoms. The highest BCUT2D eigenvalue weighted by Gasteiger charge is 2.13. The lowest BCUT2D eigenvalue weighted by Crippen LogP contribution is -2.30. The zero-order valence-electron chi connectivity index (χ0n) is 10.2. The van der Waals surface area contributed by atoms with Crippen molar-refractivity contribution in [2.75, 3.05) is 6.61 Å². The van der Waals surface area contributed by atoms with Crippen LogP contribution in [0.1, 0.15) is 25.8 Å². The lowest BCUT2D eigenvalue weighted by atomic mass is 9.80. The highest BCUT2D eigenvalue weighted by atomic mass is 19.1. The predicted octanol–water partition coefficient (Wildman–Crippen LogP) is 1.07. The van der Waals surface area contributed by atoms with E-state index in [9.17, 15) is 4.39 Å². The normalized spacial score (nSPS) is 10.9. The molecule has 0 saturated carbocycles. The van der Waals surface area contributed by atoms with Gasteiger partial charge < -0.3 is 14.8 Å². The van der Waals surface area contributed by atoms with Crippen molar-refractivity contribution in [1.29, 1.82) is 0 Å². The molecule has 0 aliphatic carbocycles. The standard InChI is InChI=1S/C12H18BFO3/c1-9(2)5-6-17-8-10-3-4-11(13(15)16)7-12(10)14/h3-4,7,9,15-16H,5-6,8H2,1-2H3. The molecule has 0 fully saturated rings. The molecule has 0 aliphatic rings. The van der Waals surface area contributed by atoms with E-state index in [0.29, 0.717) is 18.1 Å². The minimum Gasteiger partial charge on any atom is -0.423 e. The molecule has 0 radical (unpaired) electrons. The minimum atomic E-state index is -1.64. The summed E-state index contributed by atoms with van der Waals surface area (Å²) in [6.07, 6.45) is 0.940. The highest BCUT2D eigenvalue weighted by Crippen LogP contribution is 2.08. The van der Waals surface area contributed by atoms with Crippen LogP contribution in [0.25, 0.3) is 0 Å². The fourth-order valence-corrected chi connectivity index (χ4v) is 1.34. The van der Waals surface area contributed by atoms with Crippen molar-refractivity contribution >= 4 is 12.6 Å². The Morgan fingerprint density at radius 1 is 1.35 bits per heavy atom. The molecule has 0 saturated heterocycles. The third kappa shape index (κ3) is 4.85. The van der Waals surface area contributed by atoms with Crippen LogP contribution in [0.2, 0.25) is 0 Å². The SMILES string of the molecule is CC(C)CCOCc1ccc(B(O)O)cc1F. The molecule has 17 heavy (non-hydrogen) atoms. The molecular formula is C12H18BFO3. The molecule has 0 heterocycles. The van der Waals surface area contributed by atoms with Crippen LogP contribution in [0.3, 0.4) is 0 Å². The van der Waals surface area contributed by atoms with Crippen LogP contribution >= 0.6 is 0 Å². The third-order valence-electron chi connectivity index (χ3n) is 2.47. The molecule has 0 aromatic heterocycles. The van der Waals surface area contributed by atoms with Gasteiger partial charge in [-0.3, -0.25) is 0 Å². The Morgan fingerprint density at radius 2 is 2.06 bits per heavy atom. The second kappa shape index (κ2) is 6.74. The first-order chi connectivity index (χ1) is 8.00. The Balaban J connectivity index is 2.49. The van der Waals surface area contributed by atoms with Gasteiger partial charge in [0.2, 0.25) is 0 Å². The number of hydrogen-bond donors (Lipinski definition) is 2. The largest absolute Gasteiger partial charge is 0.488 e. The second-order valence-electron chi connectivity index (χ2n) is 4.46. The maximum Gasteiger partial charge on any atom is 0.488 e. The van der Waals surface area contributed by atoms with Crippen molar-refractivity contribution in [3.05, 3.63) is 29.6 Å². The molecule has 1 aromatic rings. The molecule has 94 valence electrons. The van der Waals surface area contributed by atoms with Crippen LogP contribution in [-0.4, -0.2) is 23.8 Å². The molecule has 1 rings (SSSR count). The van der Waals surface area contributed by atoms with Gasteiger partial charge in [0.1, 0.15) is 5.82 Å². The summed E-state index contributed by atoms with van der Waals surface area (Å²) in [7, 11) is -1.64. The zero-order valence-corrected chi connectivity index (χ0v) is 10.2. The number of hydrogen-bond acceptors (Lipinski definition) is 3. The van der Waals surface area contributed by atoms with E-state index < -0.39 is 12.9 Å². The molecule has 0 spiro atoms. The van der Waals surface area contributed by atoms with Gasteiger partial charge in [-0.1, -0.05) is 26.0 Å². The van der Waals surface area contributed by atoms with Gasteiger partial charge in [-0.05, 0) is 23.9 Å². The Labute approximate surface area is 101 Å². The molecule has 0 amide bonds. The van der Waals surface area contributed by atoms with Gasteiger partial charge in [0.25, 0.3) is 0 Å². The van der Waals surface area contributed by atoms with Crippen LogP contribution in [0, 0.1) is 11.7 Å². The second-order valence-corrected chi connectivity index (χ2v) is 4.46. The Bertz CT molecular complexity index is 356. The monoisotopic (exact) mass is 240 g/mol. The lowest BCUT2D eigenvalue weighted by Gasteiger charge is -2.08. The van der Waals surface area contributed by atoms with E-state index in [1.54, 1.807) is 0 Å². The molecule has 0 aliphatic heterocycles. The smallest absolute Gasteiger partial charge is 0.423 e.